The van der Waals surface area contributed by atoms with Crippen LogP contribution < -0.4 is 9.47 Å². The maximum atomic E-state index is 13.7. The summed E-state index contributed by atoms with van der Waals surface area (Å²) in [6, 6.07) is 41.7. The normalized spacial score (nSPS) is 14.6. The van der Waals surface area contributed by atoms with E-state index >= 15 is 0 Å². The zero-order chi connectivity index (χ0) is 71.8. The minimum atomic E-state index is -0.267. The third-order valence-electron chi connectivity index (χ3n) is 22.2. The van der Waals surface area contributed by atoms with Crippen LogP contribution in [0, 0.1) is 24.7 Å². The molecular formula is C93H118N2O4. The third kappa shape index (κ3) is 13.8. The van der Waals surface area contributed by atoms with Crippen molar-refractivity contribution in [3.63, 3.8) is 0 Å². The lowest BCUT2D eigenvalue weighted by Crippen LogP contribution is -2.25. The summed E-state index contributed by atoms with van der Waals surface area (Å²) in [5.74, 6) is 2.27. The Morgan fingerprint density at radius 2 is 0.616 bits per heavy atom. The number of hydrogen-bond acceptors (Lipinski definition) is 4. The smallest absolute Gasteiger partial charge is 0.147 e. The molecule has 2 heterocycles. The van der Waals surface area contributed by atoms with E-state index in [9.17, 15) is 10.2 Å². The molecule has 0 amide bonds. The van der Waals surface area contributed by atoms with E-state index in [1.165, 1.54) is 88.3 Å². The molecule has 0 radical (unpaired) electrons. The van der Waals surface area contributed by atoms with Crippen LogP contribution in [0.1, 0.15) is 264 Å². The van der Waals surface area contributed by atoms with Crippen LogP contribution in [-0.2, 0) is 58.2 Å². The van der Waals surface area contributed by atoms with Gasteiger partial charge < -0.3 is 28.8 Å². The molecule has 0 atom stereocenters. The standard InChI is InChI=1S/C93H118N2O4/c1-56-44-74(72-46-62(92(21,22)54-86(3,4)5)52-80(82(72)96)94-76-48-58(88(9,10)11)34-38-66(76)67-39-35-59(49-77(67)94)89(12,13)14)84(70-32-27-25-30-64(56)70)98-42-29-43-99-85-71-33-28-26-31-65(71)57(2)45-75(85)73-47-63(93(23,24)55-87(6,7)8)53-81(83(73)97)95-78-50-60(90(15,16)17)36-40-68(78)69-41-37-61(51-79(69)95)91(18,19)20/h34-41,44-53,96-97H,25-33,42-43,54-55H2,1-24H3. The Labute approximate surface area is 595 Å². The number of benzene rings is 8. The number of aromatic hydroxyl groups is 2. The van der Waals surface area contributed by atoms with Crippen molar-refractivity contribution in [1.82, 2.24) is 9.13 Å². The Morgan fingerprint density at radius 3 is 0.889 bits per heavy atom. The second kappa shape index (κ2) is 25.3. The zero-order valence-corrected chi connectivity index (χ0v) is 65.2. The molecule has 2 aliphatic rings. The number of nitrogens with zero attached hydrogens (tertiary/aromatic N) is 2. The molecule has 6 nitrogen and oxygen atoms in total. The maximum Gasteiger partial charge on any atom is 0.147 e. The number of hydrogen-bond donors (Lipinski definition) is 2. The monoisotopic (exact) mass is 1330 g/mol. The number of aryl methyl sites for hydroxylation is 2. The van der Waals surface area contributed by atoms with Crippen molar-refractivity contribution in [3.8, 4) is 56.6 Å². The summed E-state index contributed by atoms with van der Waals surface area (Å²) in [4.78, 5) is 0. The Hall–Kier alpha value is -7.44. The van der Waals surface area contributed by atoms with Gasteiger partial charge in [0.05, 0.1) is 46.7 Å². The molecule has 8 aromatic carbocycles. The summed E-state index contributed by atoms with van der Waals surface area (Å²) in [6.45, 7) is 56.4. The van der Waals surface area contributed by atoms with Crippen LogP contribution >= 0.6 is 0 Å². The molecule has 0 saturated heterocycles. The molecule has 2 N–H and O–H groups in total. The van der Waals surface area contributed by atoms with Gasteiger partial charge in [-0.1, -0.05) is 201 Å². The quantitative estimate of drug-likeness (QED) is 0.106. The Balaban J connectivity index is 0.993. The molecule has 0 unspecified atom stereocenters. The van der Waals surface area contributed by atoms with Gasteiger partial charge >= 0.3 is 0 Å². The minimum Gasteiger partial charge on any atom is -0.505 e. The van der Waals surface area contributed by atoms with Gasteiger partial charge in [-0.25, -0.2) is 0 Å². The number of aromatic nitrogens is 2. The predicted octanol–water partition coefficient (Wildman–Crippen LogP) is 25.5. The van der Waals surface area contributed by atoms with Crippen molar-refractivity contribution in [1.29, 1.82) is 0 Å². The molecule has 524 valence electrons. The van der Waals surface area contributed by atoms with Gasteiger partial charge in [0, 0.05) is 50.2 Å². The van der Waals surface area contributed by atoms with Crippen molar-refractivity contribution in [2.24, 2.45) is 10.8 Å². The molecule has 6 heteroatoms. The molecule has 2 aliphatic carbocycles. The number of fused-ring (bicyclic) bond motifs is 8. The van der Waals surface area contributed by atoms with E-state index in [1.54, 1.807) is 0 Å². The molecule has 10 aromatic rings. The first kappa shape index (κ1) is 71.4. The molecule has 0 saturated carbocycles. The highest BCUT2D eigenvalue weighted by atomic mass is 16.5. The second-order valence-electron chi connectivity index (χ2n) is 38.1. The molecule has 2 aromatic heterocycles. The van der Waals surface area contributed by atoms with Crippen LogP contribution in [0.3, 0.4) is 0 Å². The molecule has 0 aliphatic heterocycles. The van der Waals surface area contributed by atoms with Crippen LogP contribution in [0.4, 0.5) is 0 Å². The van der Waals surface area contributed by atoms with Gasteiger partial charge in [-0.3, -0.25) is 0 Å². The first-order valence-corrected chi connectivity index (χ1v) is 37.5. The van der Waals surface area contributed by atoms with Crippen LogP contribution in [0.2, 0.25) is 0 Å². The van der Waals surface area contributed by atoms with E-state index < -0.39 is 0 Å². The first-order valence-electron chi connectivity index (χ1n) is 37.5. The van der Waals surface area contributed by atoms with Gasteiger partial charge in [0.25, 0.3) is 0 Å². The maximum absolute atomic E-state index is 13.7. The van der Waals surface area contributed by atoms with Gasteiger partial charge in [0.1, 0.15) is 23.0 Å². The summed E-state index contributed by atoms with van der Waals surface area (Å²) in [6.07, 6.45) is 10.8. The van der Waals surface area contributed by atoms with E-state index in [-0.39, 0.29) is 54.8 Å². The van der Waals surface area contributed by atoms with E-state index in [0.717, 1.165) is 131 Å². The van der Waals surface area contributed by atoms with E-state index in [1.807, 2.05) is 0 Å². The summed E-state index contributed by atoms with van der Waals surface area (Å²) >= 11 is 0. The predicted molar refractivity (Wildman–Crippen MR) is 423 cm³/mol. The highest BCUT2D eigenvalue weighted by molar-refractivity contribution is 6.11. The fourth-order valence-electron chi connectivity index (χ4n) is 17.4. The molecule has 0 spiro atoms. The van der Waals surface area contributed by atoms with Crippen molar-refractivity contribution in [2.75, 3.05) is 13.2 Å². The SMILES string of the molecule is Cc1cc(-c2cc(C(C)(C)CC(C)(C)C)cc(-n3c4cc(C(C)(C)C)ccc4c4ccc(C(C)(C)C)cc43)c2O)c(OCCCOc2c(-c3cc(C(C)(C)CC(C)(C)C)cc(-n4c5cc(C(C)(C)C)ccc5c5ccc(C(C)(C)C)cc54)c3O)cc(C)c3c2CCCC3)c2c1CCCC2. The number of phenols is 2. The van der Waals surface area contributed by atoms with Crippen molar-refractivity contribution >= 4 is 43.6 Å². The summed E-state index contributed by atoms with van der Waals surface area (Å²) in [5.41, 5.74) is 23.7. The number of ether oxygens (including phenoxy) is 2. The second-order valence-corrected chi connectivity index (χ2v) is 38.1. The summed E-state index contributed by atoms with van der Waals surface area (Å²) in [7, 11) is 0. The lowest BCUT2D eigenvalue weighted by molar-refractivity contribution is 0.245. The summed E-state index contributed by atoms with van der Waals surface area (Å²) in [5, 5.41) is 32.0. The van der Waals surface area contributed by atoms with E-state index in [4.69, 9.17) is 9.47 Å². The Morgan fingerprint density at radius 1 is 0.333 bits per heavy atom. The van der Waals surface area contributed by atoms with Crippen LogP contribution in [0.15, 0.2) is 109 Å². The number of rotatable bonds is 14. The van der Waals surface area contributed by atoms with Crippen molar-refractivity contribution in [2.45, 2.75) is 269 Å². The average Bonchev–Trinajstić information content (AvgIpc) is 1.65. The number of phenolic OH excluding ortho intramolecular Hbond substituents is 2. The van der Waals surface area contributed by atoms with E-state index in [0.29, 0.717) is 19.6 Å². The van der Waals surface area contributed by atoms with Crippen molar-refractivity contribution in [3.05, 3.63) is 176 Å². The van der Waals surface area contributed by atoms with Crippen molar-refractivity contribution < 1.29 is 19.7 Å². The topological polar surface area (TPSA) is 68.8 Å². The van der Waals surface area contributed by atoms with Gasteiger partial charge in [-0.15, -0.1) is 0 Å². The van der Waals surface area contributed by atoms with Crippen LogP contribution in [0.5, 0.6) is 23.0 Å². The first-order chi connectivity index (χ1) is 46.0. The molecule has 0 bridgehead atoms. The highest BCUT2D eigenvalue weighted by Crippen LogP contribution is 2.53. The average molecular weight is 1330 g/mol. The molecule has 12 rings (SSSR count). The third-order valence-corrected chi connectivity index (χ3v) is 22.2. The fraction of sp³-hybridized carbons (Fsp3) is 0.484. The zero-order valence-electron chi connectivity index (χ0n) is 65.2. The van der Waals surface area contributed by atoms with Gasteiger partial charge in [-0.2, -0.15) is 0 Å². The minimum absolute atomic E-state index is 0.0342. The Kier molecular flexibility index (Phi) is 18.2. The van der Waals surface area contributed by atoms with Crippen LogP contribution in [-0.4, -0.2) is 32.6 Å². The summed E-state index contributed by atoms with van der Waals surface area (Å²) < 4.78 is 19.6. The fourth-order valence-corrected chi connectivity index (χ4v) is 17.4. The lowest BCUT2D eigenvalue weighted by atomic mass is 9.71. The molecule has 99 heavy (non-hydrogen) atoms. The molecular weight excluding hydrogens is 1210 g/mol. The van der Waals surface area contributed by atoms with E-state index in [2.05, 4.69) is 284 Å². The largest absolute Gasteiger partial charge is 0.505 e. The van der Waals surface area contributed by atoms with Crippen LogP contribution in [0.25, 0.3) is 77.2 Å². The Bertz CT molecular complexity index is 4350. The molecule has 0 fully saturated rings. The van der Waals surface area contributed by atoms with Gasteiger partial charge in [-0.05, 0) is 249 Å². The van der Waals surface area contributed by atoms with Gasteiger partial charge in [0.15, 0.2) is 0 Å². The van der Waals surface area contributed by atoms with Gasteiger partial charge in [0.2, 0.25) is 0 Å². The highest BCUT2D eigenvalue weighted by Gasteiger charge is 2.36. The lowest BCUT2D eigenvalue weighted by Gasteiger charge is -2.34.